The van der Waals surface area contributed by atoms with E-state index in [1.807, 2.05) is 12.1 Å². The van der Waals surface area contributed by atoms with Gasteiger partial charge >= 0.3 is 0 Å². The van der Waals surface area contributed by atoms with Crippen LogP contribution in [0.2, 0.25) is 0 Å². The molecule has 1 aliphatic heterocycles. The molecule has 0 spiro atoms. The number of anilines is 1. The van der Waals surface area contributed by atoms with Crippen molar-refractivity contribution in [2.75, 3.05) is 18.0 Å². The van der Waals surface area contributed by atoms with Crippen LogP contribution < -0.4 is 10.2 Å². The summed E-state index contributed by atoms with van der Waals surface area (Å²) in [7, 11) is 0. The van der Waals surface area contributed by atoms with E-state index < -0.39 is 0 Å². The van der Waals surface area contributed by atoms with Crippen molar-refractivity contribution in [3.8, 4) is 0 Å². The van der Waals surface area contributed by atoms with Crippen molar-refractivity contribution in [2.45, 2.75) is 38.3 Å². The molecule has 3 rings (SSSR count). The SMILES string of the molecule is CCC1CNC(C2CC2)CN1c1ccc(Br)cc1F. The average molecular weight is 327 g/mol. The first kappa shape index (κ1) is 13.4. The van der Waals surface area contributed by atoms with Crippen LogP contribution in [0.15, 0.2) is 22.7 Å². The van der Waals surface area contributed by atoms with E-state index in [0.717, 1.165) is 35.6 Å². The van der Waals surface area contributed by atoms with Crippen molar-refractivity contribution in [1.29, 1.82) is 0 Å². The average Bonchev–Trinajstić information content (AvgIpc) is 3.22. The Morgan fingerprint density at radius 2 is 2.21 bits per heavy atom. The lowest BCUT2D eigenvalue weighted by Gasteiger charge is -2.42. The molecule has 0 aromatic heterocycles. The maximum atomic E-state index is 14.2. The molecule has 1 aromatic rings. The van der Waals surface area contributed by atoms with Gasteiger partial charge in [0, 0.05) is 29.6 Å². The number of benzene rings is 1. The van der Waals surface area contributed by atoms with E-state index in [1.165, 1.54) is 12.8 Å². The number of nitrogens with zero attached hydrogens (tertiary/aromatic N) is 1. The third kappa shape index (κ3) is 2.79. The van der Waals surface area contributed by atoms with E-state index in [4.69, 9.17) is 0 Å². The zero-order chi connectivity index (χ0) is 13.4. The highest BCUT2D eigenvalue weighted by molar-refractivity contribution is 9.10. The maximum absolute atomic E-state index is 14.2. The highest BCUT2D eigenvalue weighted by Crippen LogP contribution is 2.36. The molecule has 2 aliphatic rings. The Labute approximate surface area is 122 Å². The van der Waals surface area contributed by atoms with Crippen LogP contribution in [0.4, 0.5) is 10.1 Å². The molecule has 19 heavy (non-hydrogen) atoms. The highest BCUT2D eigenvalue weighted by atomic mass is 79.9. The topological polar surface area (TPSA) is 15.3 Å². The summed E-state index contributed by atoms with van der Waals surface area (Å²) in [6, 6.07) is 6.32. The van der Waals surface area contributed by atoms with Crippen LogP contribution in [-0.2, 0) is 0 Å². The summed E-state index contributed by atoms with van der Waals surface area (Å²) in [6.45, 7) is 4.07. The van der Waals surface area contributed by atoms with E-state index in [-0.39, 0.29) is 5.82 Å². The number of rotatable bonds is 3. The molecular formula is C15H20BrFN2. The van der Waals surface area contributed by atoms with Crippen LogP contribution in [0, 0.1) is 11.7 Å². The molecule has 1 heterocycles. The van der Waals surface area contributed by atoms with Gasteiger partial charge in [-0.25, -0.2) is 4.39 Å². The molecule has 0 radical (unpaired) electrons. The lowest BCUT2D eigenvalue weighted by atomic mass is 10.0. The van der Waals surface area contributed by atoms with Crippen molar-refractivity contribution in [3.63, 3.8) is 0 Å². The fraction of sp³-hybridized carbons (Fsp3) is 0.600. The second-order valence-electron chi connectivity index (χ2n) is 5.66. The summed E-state index contributed by atoms with van der Waals surface area (Å²) in [4.78, 5) is 2.27. The Balaban J connectivity index is 1.85. The van der Waals surface area contributed by atoms with E-state index in [9.17, 15) is 4.39 Å². The Morgan fingerprint density at radius 1 is 1.42 bits per heavy atom. The Kier molecular flexibility index (Phi) is 3.81. The van der Waals surface area contributed by atoms with Gasteiger partial charge < -0.3 is 10.2 Å². The predicted octanol–water partition coefficient (Wildman–Crippen LogP) is 3.56. The molecule has 1 saturated heterocycles. The molecule has 1 aromatic carbocycles. The molecule has 1 N–H and O–H groups in total. The van der Waals surface area contributed by atoms with Gasteiger partial charge in [0.25, 0.3) is 0 Å². The highest BCUT2D eigenvalue weighted by Gasteiger charge is 2.37. The summed E-state index contributed by atoms with van der Waals surface area (Å²) < 4.78 is 15.0. The van der Waals surface area contributed by atoms with Gasteiger partial charge in [-0.3, -0.25) is 0 Å². The normalized spacial score (nSPS) is 27.6. The molecular weight excluding hydrogens is 307 g/mol. The zero-order valence-corrected chi connectivity index (χ0v) is 12.8. The summed E-state index contributed by atoms with van der Waals surface area (Å²) in [6.07, 6.45) is 3.69. The van der Waals surface area contributed by atoms with E-state index in [0.29, 0.717) is 12.1 Å². The third-order valence-corrected chi connectivity index (χ3v) is 4.82. The molecule has 0 bridgehead atoms. The van der Waals surface area contributed by atoms with Crippen molar-refractivity contribution in [2.24, 2.45) is 5.92 Å². The summed E-state index contributed by atoms with van der Waals surface area (Å²) in [5.74, 6) is 0.683. The fourth-order valence-electron chi connectivity index (χ4n) is 3.01. The molecule has 104 valence electrons. The number of piperazine rings is 1. The zero-order valence-electron chi connectivity index (χ0n) is 11.2. The second kappa shape index (κ2) is 5.41. The second-order valence-corrected chi connectivity index (χ2v) is 6.58. The van der Waals surface area contributed by atoms with Crippen LogP contribution >= 0.6 is 15.9 Å². The lowest BCUT2D eigenvalue weighted by Crippen LogP contribution is -2.57. The van der Waals surface area contributed by atoms with E-state index in [2.05, 4.69) is 33.1 Å². The number of hydrogen-bond acceptors (Lipinski definition) is 2. The smallest absolute Gasteiger partial charge is 0.147 e. The summed E-state index contributed by atoms with van der Waals surface area (Å²) in [5, 5.41) is 3.64. The maximum Gasteiger partial charge on any atom is 0.147 e. The Hall–Kier alpha value is -0.610. The summed E-state index contributed by atoms with van der Waals surface area (Å²) in [5.41, 5.74) is 0.752. The molecule has 2 atom stereocenters. The van der Waals surface area contributed by atoms with Gasteiger partial charge in [0.2, 0.25) is 0 Å². The number of nitrogens with one attached hydrogen (secondary N) is 1. The first-order valence-electron chi connectivity index (χ1n) is 7.14. The van der Waals surface area contributed by atoms with Crippen molar-refractivity contribution in [3.05, 3.63) is 28.5 Å². The predicted molar refractivity (Wildman–Crippen MR) is 80.0 cm³/mol. The molecule has 1 saturated carbocycles. The van der Waals surface area contributed by atoms with Gasteiger partial charge in [-0.05, 0) is 43.4 Å². The van der Waals surface area contributed by atoms with Gasteiger partial charge in [0.15, 0.2) is 0 Å². The Morgan fingerprint density at radius 3 is 2.84 bits per heavy atom. The lowest BCUT2D eigenvalue weighted by molar-refractivity contribution is 0.357. The molecule has 1 aliphatic carbocycles. The van der Waals surface area contributed by atoms with E-state index >= 15 is 0 Å². The van der Waals surface area contributed by atoms with Crippen LogP contribution in [0.25, 0.3) is 0 Å². The summed E-state index contributed by atoms with van der Waals surface area (Å²) >= 11 is 3.33. The van der Waals surface area contributed by atoms with Gasteiger partial charge in [-0.2, -0.15) is 0 Å². The van der Waals surface area contributed by atoms with Crippen LogP contribution in [0.3, 0.4) is 0 Å². The quantitative estimate of drug-likeness (QED) is 0.913. The molecule has 4 heteroatoms. The van der Waals surface area contributed by atoms with Crippen LogP contribution in [-0.4, -0.2) is 25.2 Å². The largest absolute Gasteiger partial charge is 0.363 e. The Bertz CT molecular complexity index is 461. The standard InChI is InChI=1S/C15H20BrFN2/c1-2-12-8-18-14(10-3-4-10)9-19(12)15-6-5-11(16)7-13(15)17/h5-7,10,12,14,18H,2-4,8-9H2,1H3. The fourth-order valence-corrected chi connectivity index (χ4v) is 3.34. The van der Waals surface area contributed by atoms with Gasteiger partial charge in [0.05, 0.1) is 5.69 Å². The first-order chi connectivity index (χ1) is 9.19. The minimum atomic E-state index is -0.121. The monoisotopic (exact) mass is 326 g/mol. The molecule has 2 nitrogen and oxygen atoms in total. The molecule has 2 unspecified atom stereocenters. The van der Waals surface area contributed by atoms with Crippen molar-refractivity contribution < 1.29 is 4.39 Å². The van der Waals surface area contributed by atoms with Crippen molar-refractivity contribution in [1.82, 2.24) is 5.32 Å². The minimum Gasteiger partial charge on any atom is -0.363 e. The van der Waals surface area contributed by atoms with Crippen LogP contribution in [0.5, 0.6) is 0 Å². The molecule has 0 amide bonds. The van der Waals surface area contributed by atoms with Crippen molar-refractivity contribution >= 4 is 21.6 Å². The number of hydrogen-bond donors (Lipinski definition) is 1. The number of halogens is 2. The van der Waals surface area contributed by atoms with Gasteiger partial charge in [0.1, 0.15) is 5.82 Å². The van der Waals surface area contributed by atoms with Gasteiger partial charge in [-0.15, -0.1) is 0 Å². The van der Waals surface area contributed by atoms with Gasteiger partial charge in [-0.1, -0.05) is 22.9 Å². The third-order valence-electron chi connectivity index (χ3n) is 4.33. The minimum absolute atomic E-state index is 0.121. The van der Waals surface area contributed by atoms with Crippen LogP contribution in [0.1, 0.15) is 26.2 Å². The molecule has 2 fully saturated rings. The van der Waals surface area contributed by atoms with E-state index in [1.54, 1.807) is 6.07 Å². The first-order valence-corrected chi connectivity index (χ1v) is 7.93.